The van der Waals surface area contributed by atoms with E-state index in [9.17, 15) is 0 Å². The van der Waals surface area contributed by atoms with E-state index >= 15 is 0 Å². The number of furan rings is 2. The molecule has 10 aromatic rings. The molecule has 0 aliphatic rings. The van der Waals surface area contributed by atoms with Gasteiger partial charge in [0.15, 0.2) is 0 Å². The number of para-hydroxylation sites is 4. The maximum Gasteiger partial charge on any atom is 0.143 e. The molecule has 2 aromatic heterocycles. The van der Waals surface area contributed by atoms with Gasteiger partial charge in [-0.15, -0.1) is 0 Å². The molecule has 0 bridgehead atoms. The van der Waals surface area contributed by atoms with Gasteiger partial charge >= 0.3 is 0 Å². The first-order valence-corrected chi connectivity index (χ1v) is 16.7. The van der Waals surface area contributed by atoms with Crippen LogP contribution in [0, 0.1) is 0 Å². The third kappa shape index (κ3) is 3.93. The van der Waals surface area contributed by atoms with Crippen molar-refractivity contribution in [3.63, 3.8) is 0 Å². The van der Waals surface area contributed by atoms with Crippen molar-refractivity contribution in [3.8, 4) is 22.3 Å². The summed E-state index contributed by atoms with van der Waals surface area (Å²) in [7, 11) is 0. The molecule has 10 rings (SSSR count). The van der Waals surface area contributed by atoms with E-state index in [0.29, 0.717) is 0 Å². The fourth-order valence-corrected chi connectivity index (χ4v) is 7.76. The lowest BCUT2D eigenvalue weighted by Crippen LogP contribution is -2.10. The normalized spacial score (nSPS) is 12.5. The second-order valence-electron chi connectivity index (χ2n) is 14.1. The minimum Gasteiger partial charge on any atom is -0.455 e. The van der Waals surface area contributed by atoms with E-state index in [0.717, 1.165) is 66.1 Å². The van der Waals surface area contributed by atoms with E-state index in [1.54, 1.807) is 0 Å². The minimum absolute atomic E-state index is 0.0431. The summed E-state index contributed by atoms with van der Waals surface area (Å²) in [4.78, 5) is 0. The minimum atomic E-state index is 0.0431. The molecule has 0 saturated heterocycles. The SMILES string of the molecule is CC(C)(C)c1ccc2c3ccc(-c4cccc5c4oc4ccccc45)cc3c3cc(-c4cccc5c4oc4ccccc45)ccc3c2c1. The molecule has 0 saturated carbocycles. The Morgan fingerprint density at radius 3 is 1.31 bits per heavy atom. The van der Waals surface area contributed by atoms with Crippen LogP contribution in [0.5, 0.6) is 0 Å². The fourth-order valence-electron chi connectivity index (χ4n) is 7.76. The van der Waals surface area contributed by atoms with Crippen molar-refractivity contribution in [2.75, 3.05) is 0 Å². The second-order valence-corrected chi connectivity index (χ2v) is 14.1. The number of hydrogen-bond acceptors (Lipinski definition) is 2. The molecule has 48 heavy (non-hydrogen) atoms. The first-order valence-electron chi connectivity index (χ1n) is 16.7. The fraction of sp³-hybridized carbons (Fsp3) is 0.0870. The lowest BCUT2D eigenvalue weighted by atomic mass is 9.83. The third-order valence-corrected chi connectivity index (χ3v) is 10.2. The largest absolute Gasteiger partial charge is 0.455 e. The molecule has 0 N–H and O–H groups in total. The van der Waals surface area contributed by atoms with E-state index < -0.39 is 0 Å². The van der Waals surface area contributed by atoms with E-state index in [1.807, 2.05) is 12.1 Å². The molecule has 8 aromatic carbocycles. The first kappa shape index (κ1) is 27.3. The molecule has 0 radical (unpaired) electrons. The van der Waals surface area contributed by atoms with Crippen LogP contribution in [-0.4, -0.2) is 0 Å². The molecule has 2 nitrogen and oxygen atoms in total. The predicted octanol–water partition coefficient (Wildman–Crippen LogP) is 13.6. The second kappa shape index (κ2) is 9.82. The summed E-state index contributed by atoms with van der Waals surface area (Å²) in [5.74, 6) is 0. The quantitative estimate of drug-likeness (QED) is 0.181. The smallest absolute Gasteiger partial charge is 0.143 e. The Morgan fingerprint density at radius 2 is 0.792 bits per heavy atom. The van der Waals surface area contributed by atoms with Gasteiger partial charge in [0.1, 0.15) is 22.3 Å². The molecule has 0 aliphatic carbocycles. The Labute approximate surface area is 277 Å². The van der Waals surface area contributed by atoms with Crippen LogP contribution in [-0.2, 0) is 5.41 Å². The van der Waals surface area contributed by atoms with Crippen molar-refractivity contribution < 1.29 is 8.83 Å². The van der Waals surface area contributed by atoms with Gasteiger partial charge in [0.2, 0.25) is 0 Å². The van der Waals surface area contributed by atoms with Crippen LogP contribution in [0.25, 0.3) is 98.4 Å². The summed E-state index contributed by atoms with van der Waals surface area (Å²) in [5.41, 5.74) is 9.55. The molecule has 0 unspecified atom stereocenters. The summed E-state index contributed by atoms with van der Waals surface area (Å²) in [6.07, 6.45) is 0. The van der Waals surface area contributed by atoms with E-state index in [4.69, 9.17) is 8.83 Å². The number of fused-ring (bicyclic) bond motifs is 12. The summed E-state index contributed by atoms with van der Waals surface area (Å²) in [6, 6.07) is 50.5. The molecule has 0 fully saturated rings. The molecule has 2 heteroatoms. The lowest BCUT2D eigenvalue weighted by molar-refractivity contribution is 0.591. The lowest BCUT2D eigenvalue weighted by Gasteiger charge is -2.21. The highest BCUT2D eigenvalue weighted by atomic mass is 16.3. The topological polar surface area (TPSA) is 26.3 Å². The zero-order chi connectivity index (χ0) is 32.1. The summed E-state index contributed by atoms with van der Waals surface area (Å²) in [5, 5.41) is 12.1. The summed E-state index contributed by atoms with van der Waals surface area (Å²) < 4.78 is 13.0. The highest BCUT2D eigenvalue weighted by molar-refractivity contribution is 6.27. The maximum absolute atomic E-state index is 6.49. The average molecular weight is 617 g/mol. The zero-order valence-electron chi connectivity index (χ0n) is 27.1. The summed E-state index contributed by atoms with van der Waals surface area (Å²) >= 11 is 0. The molecule has 0 atom stereocenters. The Morgan fingerprint density at radius 1 is 0.354 bits per heavy atom. The van der Waals surface area contributed by atoms with Crippen LogP contribution in [0.2, 0.25) is 0 Å². The van der Waals surface area contributed by atoms with E-state index in [-0.39, 0.29) is 5.41 Å². The van der Waals surface area contributed by atoms with Crippen molar-refractivity contribution in [2.24, 2.45) is 0 Å². The van der Waals surface area contributed by atoms with Gasteiger partial charge in [-0.25, -0.2) is 0 Å². The van der Waals surface area contributed by atoms with Crippen LogP contribution >= 0.6 is 0 Å². The van der Waals surface area contributed by atoms with Crippen molar-refractivity contribution in [1.29, 1.82) is 0 Å². The highest BCUT2D eigenvalue weighted by Crippen LogP contribution is 2.43. The first-order chi connectivity index (χ1) is 23.4. The maximum atomic E-state index is 6.49. The zero-order valence-corrected chi connectivity index (χ0v) is 27.1. The van der Waals surface area contributed by atoms with Crippen molar-refractivity contribution in [2.45, 2.75) is 26.2 Å². The molecule has 2 heterocycles. The average Bonchev–Trinajstić information content (AvgIpc) is 3.69. The molecule has 228 valence electrons. The number of rotatable bonds is 2. The Bertz CT molecular complexity index is 2930. The monoisotopic (exact) mass is 616 g/mol. The number of benzene rings is 8. The summed E-state index contributed by atoms with van der Waals surface area (Å²) in [6.45, 7) is 6.86. The van der Waals surface area contributed by atoms with Crippen LogP contribution in [0.15, 0.2) is 148 Å². The Hall–Kier alpha value is -5.86. The van der Waals surface area contributed by atoms with Gasteiger partial charge in [-0.05, 0) is 84.8 Å². The van der Waals surface area contributed by atoms with Crippen molar-refractivity contribution in [1.82, 2.24) is 0 Å². The van der Waals surface area contributed by atoms with Crippen LogP contribution in [0.1, 0.15) is 26.3 Å². The van der Waals surface area contributed by atoms with Gasteiger partial charge in [0.05, 0.1) is 0 Å². The van der Waals surface area contributed by atoms with E-state index in [1.165, 1.54) is 37.9 Å². The van der Waals surface area contributed by atoms with E-state index in [2.05, 4.69) is 148 Å². The Kier molecular flexibility index (Phi) is 5.58. The van der Waals surface area contributed by atoms with Gasteiger partial charge in [-0.3, -0.25) is 0 Å². The van der Waals surface area contributed by atoms with Crippen molar-refractivity contribution >= 4 is 76.2 Å². The molecular weight excluding hydrogens is 585 g/mol. The van der Waals surface area contributed by atoms with Gasteiger partial charge in [-0.1, -0.05) is 130 Å². The standard InChI is InChI=1S/C46H32O2/c1-46(2,3)29-20-23-33-32-21-18-27(30-12-8-14-37-35-10-4-6-16-42(35)47-44(30)37)24-39(32)40-25-28(19-22-34(40)41(33)26-29)31-13-9-15-38-36-11-5-7-17-43(36)48-45(31)38/h4-26H,1-3H3. The van der Waals surface area contributed by atoms with Gasteiger partial charge in [0, 0.05) is 32.7 Å². The predicted molar refractivity (Wildman–Crippen MR) is 203 cm³/mol. The molecule has 0 aliphatic heterocycles. The van der Waals surface area contributed by atoms with Gasteiger partial charge < -0.3 is 8.83 Å². The van der Waals surface area contributed by atoms with Crippen LogP contribution in [0.3, 0.4) is 0 Å². The van der Waals surface area contributed by atoms with Crippen LogP contribution in [0.4, 0.5) is 0 Å². The van der Waals surface area contributed by atoms with Crippen molar-refractivity contribution in [3.05, 3.63) is 145 Å². The number of hydrogen-bond donors (Lipinski definition) is 0. The third-order valence-electron chi connectivity index (χ3n) is 10.2. The van der Waals surface area contributed by atoms with Gasteiger partial charge in [-0.2, -0.15) is 0 Å². The highest BCUT2D eigenvalue weighted by Gasteiger charge is 2.19. The Balaban J connectivity index is 1.28. The van der Waals surface area contributed by atoms with Gasteiger partial charge in [0.25, 0.3) is 0 Å². The van der Waals surface area contributed by atoms with Crippen LogP contribution < -0.4 is 0 Å². The molecular formula is C46H32O2. The molecule has 0 spiro atoms. The molecule has 0 amide bonds.